The molecule has 144 valence electrons. The van der Waals surface area contributed by atoms with Crippen molar-refractivity contribution in [3.05, 3.63) is 30.3 Å². The third-order valence-corrected chi connectivity index (χ3v) is 5.78. The van der Waals surface area contributed by atoms with E-state index in [1.807, 2.05) is 0 Å². The van der Waals surface area contributed by atoms with Gasteiger partial charge in [-0.3, -0.25) is 9.69 Å². The fraction of sp³-hybridized carbons (Fsp3) is 0.667. The Hall–Kier alpha value is -1.59. The molecule has 1 aliphatic carbocycles. The Labute approximate surface area is 157 Å². The second kappa shape index (κ2) is 9.93. The first-order chi connectivity index (χ1) is 12.7. The van der Waals surface area contributed by atoms with Gasteiger partial charge in [-0.2, -0.15) is 0 Å². The lowest BCUT2D eigenvalue weighted by atomic mass is 9.85. The van der Waals surface area contributed by atoms with Crippen molar-refractivity contribution in [3.8, 4) is 0 Å². The van der Waals surface area contributed by atoms with E-state index < -0.39 is 0 Å². The van der Waals surface area contributed by atoms with Crippen LogP contribution < -0.4 is 16.0 Å². The summed E-state index contributed by atoms with van der Waals surface area (Å²) in [6.07, 6.45) is 6.23. The molecular formula is C21H34N4O. The van der Waals surface area contributed by atoms with Crippen molar-refractivity contribution in [1.29, 1.82) is 0 Å². The number of nitrogens with zero attached hydrogens (tertiary/aromatic N) is 2. The average molecular weight is 359 g/mol. The Morgan fingerprint density at radius 1 is 1.08 bits per heavy atom. The minimum atomic E-state index is 0.143. The molecule has 3 N–H and O–H groups in total. The average Bonchev–Trinajstić information content (AvgIpc) is 2.69. The lowest BCUT2D eigenvalue weighted by Crippen LogP contribution is -2.46. The zero-order chi connectivity index (χ0) is 18.2. The molecule has 0 bridgehead atoms. The van der Waals surface area contributed by atoms with Crippen molar-refractivity contribution in [2.24, 2.45) is 11.7 Å². The Balaban J connectivity index is 1.25. The smallest absolute Gasteiger partial charge is 0.223 e. The summed E-state index contributed by atoms with van der Waals surface area (Å²) in [4.78, 5) is 17.2. The van der Waals surface area contributed by atoms with E-state index in [1.54, 1.807) is 0 Å². The van der Waals surface area contributed by atoms with Gasteiger partial charge >= 0.3 is 0 Å². The van der Waals surface area contributed by atoms with Gasteiger partial charge in [-0.05, 0) is 50.8 Å². The number of amides is 1. The van der Waals surface area contributed by atoms with E-state index in [2.05, 4.69) is 45.4 Å². The number of unbranched alkanes of at least 4 members (excludes halogenated alkanes) is 1. The highest BCUT2D eigenvalue weighted by molar-refractivity contribution is 5.78. The molecule has 1 aromatic rings. The van der Waals surface area contributed by atoms with Crippen LogP contribution in [0.5, 0.6) is 0 Å². The standard InChI is InChI=1S/C21H34N4O/c22-19-8-6-7-18(17-19)21(26)23-11-4-5-12-24-13-15-25(16-14-24)20-9-2-1-3-10-20/h1-3,9-10,18-19H,4-8,11-17,22H2,(H,23,26). The number of rotatable bonds is 7. The van der Waals surface area contributed by atoms with Crippen LogP contribution in [0.25, 0.3) is 0 Å². The summed E-state index contributed by atoms with van der Waals surface area (Å²) in [7, 11) is 0. The van der Waals surface area contributed by atoms with Crippen molar-refractivity contribution in [1.82, 2.24) is 10.2 Å². The molecule has 1 aliphatic heterocycles. The van der Waals surface area contributed by atoms with Crippen molar-refractivity contribution >= 4 is 11.6 Å². The molecule has 0 radical (unpaired) electrons. The molecule has 3 rings (SSSR count). The zero-order valence-electron chi connectivity index (χ0n) is 15.9. The Bertz CT molecular complexity index is 542. The van der Waals surface area contributed by atoms with E-state index in [0.29, 0.717) is 0 Å². The highest BCUT2D eigenvalue weighted by Gasteiger charge is 2.24. The molecule has 5 nitrogen and oxygen atoms in total. The molecule has 1 aromatic carbocycles. The van der Waals surface area contributed by atoms with E-state index in [4.69, 9.17) is 5.73 Å². The van der Waals surface area contributed by atoms with E-state index in [9.17, 15) is 4.79 Å². The molecule has 26 heavy (non-hydrogen) atoms. The van der Waals surface area contributed by atoms with Crippen molar-refractivity contribution in [2.45, 2.75) is 44.6 Å². The number of nitrogens with two attached hydrogens (primary N) is 1. The van der Waals surface area contributed by atoms with Crippen molar-refractivity contribution in [3.63, 3.8) is 0 Å². The summed E-state index contributed by atoms with van der Waals surface area (Å²) < 4.78 is 0. The summed E-state index contributed by atoms with van der Waals surface area (Å²) >= 11 is 0. The topological polar surface area (TPSA) is 61.6 Å². The molecule has 0 aromatic heterocycles. The summed E-state index contributed by atoms with van der Waals surface area (Å²) in [5.74, 6) is 0.362. The molecule has 2 unspecified atom stereocenters. The predicted molar refractivity (Wildman–Crippen MR) is 107 cm³/mol. The third kappa shape index (κ3) is 5.71. The van der Waals surface area contributed by atoms with Gasteiger partial charge in [-0.25, -0.2) is 0 Å². The number of carbonyl (C=O) groups excluding carboxylic acids is 1. The van der Waals surface area contributed by atoms with Crippen LogP contribution in [-0.4, -0.2) is 56.1 Å². The van der Waals surface area contributed by atoms with Gasteiger partial charge in [0.15, 0.2) is 0 Å². The SMILES string of the molecule is NC1CCCC(C(=O)NCCCCN2CCN(c3ccccc3)CC2)C1. The molecule has 1 saturated carbocycles. The lowest BCUT2D eigenvalue weighted by Gasteiger charge is -2.36. The highest BCUT2D eigenvalue weighted by atomic mass is 16.1. The first-order valence-electron chi connectivity index (χ1n) is 10.3. The second-order valence-electron chi connectivity index (χ2n) is 7.79. The van der Waals surface area contributed by atoms with Gasteiger partial charge in [0.1, 0.15) is 0 Å². The number of nitrogens with one attached hydrogen (secondary N) is 1. The number of anilines is 1. The van der Waals surface area contributed by atoms with Crippen molar-refractivity contribution in [2.75, 3.05) is 44.2 Å². The van der Waals surface area contributed by atoms with Gasteiger partial charge in [0.2, 0.25) is 5.91 Å². The maximum absolute atomic E-state index is 12.2. The van der Waals surface area contributed by atoms with Gasteiger partial charge in [-0.15, -0.1) is 0 Å². The van der Waals surface area contributed by atoms with Crippen molar-refractivity contribution < 1.29 is 4.79 Å². The predicted octanol–water partition coefficient (Wildman–Crippen LogP) is 2.22. The summed E-state index contributed by atoms with van der Waals surface area (Å²) in [6.45, 7) is 6.38. The van der Waals surface area contributed by atoms with Gasteiger partial charge in [0, 0.05) is 50.4 Å². The lowest BCUT2D eigenvalue weighted by molar-refractivity contribution is -0.126. The molecule has 2 fully saturated rings. The molecule has 5 heteroatoms. The fourth-order valence-electron chi connectivity index (χ4n) is 4.15. The van der Waals surface area contributed by atoms with Gasteiger partial charge < -0.3 is 16.0 Å². The zero-order valence-corrected chi connectivity index (χ0v) is 15.9. The maximum Gasteiger partial charge on any atom is 0.223 e. The third-order valence-electron chi connectivity index (χ3n) is 5.78. The molecule has 0 spiro atoms. The number of para-hydroxylation sites is 1. The van der Waals surface area contributed by atoms with Crippen LogP contribution in [-0.2, 0) is 4.79 Å². The first-order valence-corrected chi connectivity index (χ1v) is 10.3. The monoisotopic (exact) mass is 358 g/mol. The molecule has 1 saturated heterocycles. The summed E-state index contributed by atoms with van der Waals surface area (Å²) in [5, 5.41) is 3.12. The molecular weight excluding hydrogens is 324 g/mol. The van der Waals surface area contributed by atoms with Crippen LogP contribution in [0, 0.1) is 5.92 Å². The maximum atomic E-state index is 12.2. The largest absolute Gasteiger partial charge is 0.369 e. The second-order valence-corrected chi connectivity index (χ2v) is 7.79. The van der Waals surface area contributed by atoms with Crippen LogP contribution in [0.3, 0.4) is 0 Å². The van der Waals surface area contributed by atoms with Gasteiger partial charge in [-0.1, -0.05) is 24.6 Å². The number of hydrogen-bond donors (Lipinski definition) is 2. The number of benzene rings is 1. The Morgan fingerprint density at radius 2 is 1.85 bits per heavy atom. The van der Waals surface area contributed by atoms with E-state index in [1.165, 1.54) is 5.69 Å². The minimum Gasteiger partial charge on any atom is -0.369 e. The Kier molecular flexibility index (Phi) is 7.32. The van der Waals surface area contributed by atoms with Crippen LogP contribution in [0.1, 0.15) is 38.5 Å². The van der Waals surface area contributed by atoms with E-state index in [0.717, 1.165) is 77.8 Å². The minimum absolute atomic E-state index is 0.143. The number of piperazine rings is 1. The molecule has 1 amide bonds. The van der Waals surface area contributed by atoms with E-state index >= 15 is 0 Å². The molecule has 2 atom stereocenters. The van der Waals surface area contributed by atoms with Crippen LogP contribution in [0.4, 0.5) is 5.69 Å². The van der Waals surface area contributed by atoms with E-state index in [-0.39, 0.29) is 17.9 Å². The first kappa shape index (κ1) is 19.2. The Morgan fingerprint density at radius 3 is 2.58 bits per heavy atom. The molecule has 1 heterocycles. The van der Waals surface area contributed by atoms with Crippen LogP contribution >= 0.6 is 0 Å². The van der Waals surface area contributed by atoms with Gasteiger partial charge in [0.05, 0.1) is 0 Å². The van der Waals surface area contributed by atoms with Crippen LogP contribution in [0.2, 0.25) is 0 Å². The number of hydrogen-bond acceptors (Lipinski definition) is 4. The quantitative estimate of drug-likeness (QED) is 0.734. The highest BCUT2D eigenvalue weighted by Crippen LogP contribution is 2.23. The summed E-state index contributed by atoms with van der Waals surface area (Å²) in [5.41, 5.74) is 7.31. The van der Waals surface area contributed by atoms with Crippen LogP contribution in [0.15, 0.2) is 30.3 Å². The summed E-state index contributed by atoms with van der Waals surface area (Å²) in [6, 6.07) is 10.9. The number of carbonyl (C=O) groups is 1. The van der Waals surface area contributed by atoms with Gasteiger partial charge in [0.25, 0.3) is 0 Å². The fourth-order valence-corrected chi connectivity index (χ4v) is 4.15. The normalized spacial score (nSPS) is 24.4. The molecule has 2 aliphatic rings.